The van der Waals surface area contributed by atoms with E-state index in [9.17, 15) is 4.79 Å². The lowest BCUT2D eigenvalue weighted by Gasteiger charge is -2.35. The predicted molar refractivity (Wildman–Crippen MR) is 110 cm³/mol. The second-order valence-corrected chi connectivity index (χ2v) is 7.67. The maximum absolute atomic E-state index is 12.8. The summed E-state index contributed by atoms with van der Waals surface area (Å²) in [4.78, 5) is 28.1. The van der Waals surface area contributed by atoms with Crippen molar-refractivity contribution in [1.29, 1.82) is 0 Å². The summed E-state index contributed by atoms with van der Waals surface area (Å²) in [6, 6.07) is 10.1. The van der Waals surface area contributed by atoms with Crippen molar-refractivity contribution in [3.8, 4) is 10.8 Å². The number of fused-ring (bicyclic) bond motifs is 1. The molecule has 0 spiro atoms. The first-order valence-electron chi connectivity index (χ1n) is 9.55. The summed E-state index contributed by atoms with van der Waals surface area (Å²) in [7, 11) is 0. The third-order valence-electron chi connectivity index (χ3n) is 5.04. The van der Waals surface area contributed by atoms with Gasteiger partial charge in [-0.2, -0.15) is 0 Å². The third-order valence-corrected chi connectivity index (χ3v) is 5.93. The molecule has 0 saturated heterocycles. The smallest absolute Gasteiger partial charge is 0.237 e. The number of thiazole rings is 1. The van der Waals surface area contributed by atoms with Crippen LogP contribution in [0.25, 0.3) is 10.8 Å². The van der Waals surface area contributed by atoms with E-state index < -0.39 is 0 Å². The molecule has 1 unspecified atom stereocenters. The number of benzene rings is 1. The van der Waals surface area contributed by atoms with E-state index in [1.54, 1.807) is 18.5 Å². The van der Waals surface area contributed by atoms with E-state index in [4.69, 9.17) is 0 Å². The summed E-state index contributed by atoms with van der Waals surface area (Å²) in [6.45, 7) is 4.38. The molecular weight excluding hydrogens is 370 g/mol. The highest BCUT2D eigenvalue weighted by atomic mass is 32.1. The third kappa shape index (κ3) is 4.10. The summed E-state index contributed by atoms with van der Waals surface area (Å²) >= 11 is 1.53. The largest absolute Gasteiger partial charge is 0.354 e. The molecule has 3 aromatic rings. The SMILES string of the molecule is CCN1Cc2ccccc2CC1C(=O)NCCc1csc(-c2ncccn2)n1. The summed E-state index contributed by atoms with van der Waals surface area (Å²) in [5.41, 5.74) is 3.56. The van der Waals surface area contributed by atoms with E-state index in [0.29, 0.717) is 18.8 Å². The van der Waals surface area contributed by atoms with Crippen molar-refractivity contribution in [2.45, 2.75) is 32.4 Å². The van der Waals surface area contributed by atoms with Crippen LogP contribution in [0.1, 0.15) is 23.7 Å². The highest BCUT2D eigenvalue weighted by Crippen LogP contribution is 2.23. The Kier molecular flexibility index (Phi) is 5.73. The molecule has 0 radical (unpaired) electrons. The summed E-state index contributed by atoms with van der Waals surface area (Å²) in [5, 5.41) is 5.91. The van der Waals surface area contributed by atoms with E-state index in [2.05, 4.69) is 50.3 Å². The van der Waals surface area contributed by atoms with Gasteiger partial charge in [0.05, 0.1) is 11.7 Å². The van der Waals surface area contributed by atoms with Gasteiger partial charge in [-0.05, 0) is 30.2 Å². The van der Waals surface area contributed by atoms with Gasteiger partial charge in [0, 0.05) is 37.3 Å². The van der Waals surface area contributed by atoms with Crippen LogP contribution in [0.5, 0.6) is 0 Å². The van der Waals surface area contributed by atoms with Crippen LogP contribution in [-0.4, -0.2) is 44.9 Å². The Labute approximate surface area is 168 Å². The van der Waals surface area contributed by atoms with Crippen molar-refractivity contribution >= 4 is 17.2 Å². The molecule has 1 aliphatic rings. The molecule has 1 aliphatic heterocycles. The number of nitrogens with one attached hydrogen (secondary N) is 1. The van der Waals surface area contributed by atoms with Crippen molar-refractivity contribution < 1.29 is 4.79 Å². The zero-order valence-corrected chi connectivity index (χ0v) is 16.7. The number of aromatic nitrogens is 3. The summed E-state index contributed by atoms with van der Waals surface area (Å²) in [6.07, 6.45) is 4.89. The maximum Gasteiger partial charge on any atom is 0.237 e. The van der Waals surface area contributed by atoms with Crippen molar-refractivity contribution in [1.82, 2.24) is 25.2 Å². The Bertz CT molecular complexity index is 943. The molecule has 1 amide bonds. The van der Waals surface area contributed by atoms with Crippen LogP contribution in [0.3, 0.4) is 0 Å². The maximum atomic E-state index is 12.8. The standard InChI is InChI=1S/C21H23N5OS/c1-2-26-13-16-7-4-3-6-15(16)12-18(26)20(27)24-11-8-17-14-28-21(25-17)19-22-9-5-10-23-19/h3-7,9-10,14,18H,2,8,11-13H2,1H3,(H,24,27). The van der Waals surface area contributed by atoms with Crippen LogP contribution < -0.4 is 5.32 Å². The van der Waals surface area contributed by atoms with Crippen molar-refractivity contribution in [2.75, 3.05) is 13.1 Å². The molecule has 6 nitrogen and oxygen atoms in total. The van der Waals surface area contributed by atoms with Gasteiger partial charge in [0.2, 0.25) is 5.91 Å². The number of hydrogen-bond donors (Lipinski definition) is 1. The Morgan fingerprint density at radius 2 is 2.00 bits per heavy atom. The van der Waals surface area contributed by atoms with Gasteiger partial charge < -0.3 is 5.32 Å². The highest BCUT2D eigenvalue weighted by molar-refractivity contribution is 7.13. The molecule has 3 heterocycles. The average molecular weight is 394 g/mol. The monoisotopic (exact) mass is 393 g/mol. The van der Waals surface area contributed by atoms with E-state index in [-0.39, 0.29) is 11.9 Å². The first kappa shape index (κ1) is 18.7. The Morgan fingerprint density at radius 1 is 1.21 bits per heavy atom. The van der Waals surface area contributed by atoms with Gasteiger partial charge in [-0.25, -0.2) is 15.0 Å². The van der Waals surface area contributed by atoms with Crippen LogP contribution >= 0.6 is 11.3 Å². The van der Waals surface area contributed by atoms with Crippen LogP contribution in [0, 0.1) is 0 Å². The molecular formula is C21H23N5OS. The molecule has 7 heteroatoms. The number of likely N-dealkylation sites (N-methyl/N-ethyl adjacent to an activating group) is 1. The molecule has 1 atom stereocenters. The lowest BCUT2D eigenvalue weighted by Crippen LogP contribution is -2.50. The van der Waals surface area contributed by atoms with Gasteiger partial charge in [-0.1, -0.05) is 31.2 Å². The Balaban J connectivity index is 1.34. The first-order chi connectivity index (χ1) is 13.7. The van der Waals surface area contributed by atoms with E-state index >= 15 is 0 Å². The van der Waals surface area contributed by atoms with E-state index in [1.165, 1.54) is 22.5 Å². The zero-order valence-electron chi connectivity index (χ0n) is 15.8. The molecule has 1 aromatic carbocycles. The normalized spacial score (nSPS) is 16.5. The number of rotatable bonds is 6. The fraction of sp³-hybridized carbons (Fsp3) is 0.333. The number of amides is 1. The minimum Gasteiger partial charge on any atom is -0.354 e. The zero-order chi connectivity index (χ0) is 19.3. The lowest BCUT2D eigenvalue weighted by molar-refractivity contribution is -0.126. The van der Waals surface area contributed by atoms with Gasteiger partial charge in [0.15, 0.2) is 10.8 Å². The van der Waals surface area contributed by atoms with E-state index in [0.717, 1.165) is 30.2 Å². The molecule has 1 N–H and O–H groups in total. The van der Waals surface area contributed by atoms with Crippen LogP contribution in [-0.2, 0) is 24.2 Å². The summed E-state index contributed by atoms with van der Waals surface area (Å²) in [5.74, 6) is 0.737. The van der Waals surface area contributed by atoms with Gasteiger partial charge in [0.1, 0.15) is 0 Å². The number of carbonyl (C=O) groups is 1. The van der Waals surface area contributed by atoms with E-state index in [1.807, 2.05) is 11.4 Å². The summed E-state index contributed by atoms with van der Waals surface area (Å²) < 4.78 is 0. The van der Waals surface area contributed by atoms with Crippen LogP contribution in [0.2, 0.25) is 0 Å². The van der Waals surface area contributed by atoms with Crippen LogP contribution in [0.15, 0.2) is 48.1 Å². The molecule has 0 aliphatic carbocycles. The number of carbonyl (C=O) groups excluding carboxylic acids is 1. The van der Waals surface area contributed by atoms with Gasteiger partial charge in [0.25, 0.3) is 0 Å². The van der Waals surface area contributed by atoms with Gasteiger partial charge >= 0.3 is 0 Å². The molecule has 144 valence electrons. The minimum atomic E-state index is -0.108. The number of nitrogens with zero attached hydrogens (tertiary/aromatic N) is 4. The van der Waals surface area contributed by atoms with Gasteiger partial charge in [-0.3, -0.25) is 9.69 Å². The highest BCUT2D eigenvalue weighted by Gasteiger charge is 2.30. The second kappa shape index (κ2) is 8.58. The predicted octanol–water partition coefficient (Wildman–Crippen LogP) is 2.71. The lowest BCUT2D eigenvalue weighted by atomic mass is 9.93. The van der Waals surface area contributed by atoms with Crippen LogP contribution in [0.4, 0.5) is 0 Å². The molecule has 0 saturated carbocycles. The first-order valence-corrected chi connectivity index (χ1v) is 10.4. The van der Waals surface area contributed by atoms with Crippen molar-refractivity contribution in [2.24, 2.45) is 0 Å². The molecule has 2 aromatic heterocycles. The minimum absolute atomic E-state index is 0.0956. The van der Waals surface area contributed by atoms with Crippen molar-refractivity contribution in [3.05, 3.63) is 64.9 Å². The number of hydrogen-bond acceptors (Lipinski definition) is 6. The fourth-order valence-corrected chi connectivity index (χ4v) is 4.33. The fourth-order valence-electron chi connectivity index (χ4n) is 3.53. The molecule has 28 heavy (non-hydrogen) atoms. The Hall–Kier alpha value is -2.64. The molecule has 0 fully saturated rings. The molecule has 0 bridgehead atoms. The Morgan fingerprint density at radius 3 is 2.79 bits per heavy atom. The second-order valence-electron chi connectivity index (χ2n) is 6.81. The van der Waals surface area contributed by atoms with Crippen molar-refractivity contribution in [3.63, 3.8) is 0 Å². The molecule has 4 rings (SSSR count). The average Bonchev–Trinajstić information content (AvgIpc) is 3.22. The quantitative estimate of drug-likeness (QED) is 0.697. The topological polar surface area (TPSA) is 71.0 Å². The van der Waals surface area contributed by atoms with Gasteiger partial charge in [-0.15, -0.1) is 11.3 Å².